The normalized spacial score (nSPS) is 14.4. The molecule has 2 aromatic heterocycles. The van der Waals surface area contributed by atoms with E-state index in [0.29, 0.717) is 0 Å². The largest absolute Gasteiger partial charge is 0.468 e. The van der Waals surface area contributed by atoms with E-state index in [2.05, 4.69) is 27.8 Å². The van der Waals surface area contributed by atoms with E-state index >= 15 is 0 Å². The summed E-state index contributed by atoms with van der Waals surface area (Å²) in [7, 11) is 0. The first-order valence-electron chi connectivity index (χ1n) is 5.78. The maximum absolute atomic E-state index is 6.18. The number of halogens is 1. The summed E-state index contributed by atoms with van der Waals surface area (Å²) in [6.07, 6.45) is 4.35. The molecular formula is C13H15BrN2OS. The zero-order chi connectivity index (χ0) is 13.0. The summed E-state index contributed by atoms with van der Waals surface area (Å²) < 4.78 is 6.47. The van der Waals surface area contributed by atoms with Gasteiger partial charge in [0.25, 0.3) is 0 Å². The van der Waals surface area contributed by atoms with Gasteiger partial charge in [-0.15, -0.1) is 0 Å². The van der Waals surface area contributed by atoms with Crippen LogP contribution in [0.15, 0.2) is 50.6 Å². The van der Waals surface area contributed by atoms with Crippen LogP contribution in [0.2, 0.25) is 0 Å². The molecule has 2 heterocycles. The molecule has 2 rings (SSSR count). The van der Waals surface area contributed by atoms with Crippen molar-refractivity contribution in [1.82, 2.24) is 4.98 Å². The van der Waals surface area contributed by atoms with E-state index in [-0.39, 0.29) is 11.3 Å². The molecule has 0 aromatic carbocycles. The zero-order valence-electron chi connectivity index (χ0n) is 10.0. The molecule has 0 amide bonds. The SMILES string of the molecule is CCC(N)C(Sc1ncccc1Br)c1ccco1. The van der Waals surface area contributed by atoms with Crippen molar-refractivity contribution < 1.29 is 4.42 Å². The lowest BCUT2D eigenvalue weighted by molar-refractivity contribution is 0.473. The number of furan rings is 1. The van der Waals surface area contributed by atoms with Gasteiger partial charge in [-0.05, 0) is 46.6 Å². The second-order valence-corrected chi connectivity index (χ2v) is 5.90. The fraction of sp³-hybridized carbons (Fsp3) is 0.308. The van der Waals surface area contributed by atoms with E-state index in [4.69, 9.17) is 10.2 Å². The van der Waals surface area contributed by atoms with Crippen molar-refractivity contribution in [3.8, 4) is 0 Å². The molecular weight excluding hydrogens is 312 g/mol. The number of hydrogen-bond acceptors (Lipinski definition) is 4. The monoisotopic (exact) mass is 326 g/mol. The Morgan fingerprint density at radius 1 is 1.44 bits per heavy atom. The van der Waals surface area contributed by atoms with Crippen molar-refractivity contribution in [2.75, 3.05) is 0 Å². The fourth-order valence-corrected chi connectivity index (χ4v) is 3.30. The van der Waals surface area contributed by atoms with Gasteiger partial charge >= 0.3 is 0 Å². The summed E-state index contributed by atoms with van der Waals surface area (Å²) in [4.78, 5) is 4.36. The van der Waals surface area contributed by atoms with Crippen molar-refractivity contribution >= 4 is 27.7 Å². The van der Waals surface area contributed by atoms with Crippen LogP contribution in [-0.4, -0.2) is 11.0 Å². The summed E-state index contributed by atoms with van der Waals surface area (Å²) in [6.45, 7) is 2.08. The zero-order valence-corrected chi connectivity index (χ0v) is 12.4. The third-order valence-corrected chi connectivity index (χ3v) is 4.93. The maximum atomic E-state index is 6.18. The van der Waals surface area contributed by atoms with Gasteiger partial charge in [0.15, 0.2) is 0 Å². The number of nitrogens with zero attached hydrogens (tertiary/aromatic N) is 1. The lowest BCUT2D eigenvalue weighted by atomic mass is 10.1. The van der Waals surface area contributed by atoms with Crippen LogP contribution in [0.5, 0.6) is 0 Å². The second kappa shape index (κ2) is 6.41. The molecule has 0 aliphatic rings. The van der Waals surface area contributed by atoms with Crippen molar-refractivity contribution in [3.63, 3.8) is 0 Å². The molecule has 2 aromatic rings. The van der Waals surface area contributed by atoms with E-state index < -0.39 is 0 Å². The lowest BCUT2D eigenvalue weighted by Gasteiger charge is -2.20. The van der Waals surface area contributed by atoms with Gasteiger partial charge in [-0.2, -0.15) is 0 Å². The average molecular weight is 327 g/mol. The number of thioether (sulfide) groups is 1. The Labute approximate surface area is 119 Å². The topological polar surface area (TPSA) is 52.0 Å². The molecule has 2 atom stereocenters. The van der Waals surface area contributed by atoms with Gasteiger partial charge in [0.1, 0.15) is 10.8 Å². The third kappa shape index (κ3) is 3.16. The van der Waals surface area contributed by atoms with E-state index in [1.165, 1.54) is 0 Å². The first kappa shape index (κ1) is 13.6. The molecule has 0 saturated heterocycles. The minimum absolute atomic E-state index is 0.0371. The summed E-state index contributed by atoms with van der Waals surface area (Å²) in [5.41, 5.74) is 6.18. The van der Waals surface area contributed by atoms with Crippen LogP contribution in [0, 0.1) is 0 Å². The molecule has 0 aliphatic heterocycles. The molecule has 2 N–H and O–H groups in total. The van der Waals surface area contributed by atoms with Crippen LogP contribution in [0.3, 0.4) is 0 Å². The van der Waals surface area contributed by atoms with Gasteiger partial charge in [0, 0.05) is 16.7 Å². The fourth-order valence-electron chi connectivity index (χ4n) is 1.60. The third-order valence-electron chi connectivity index (χ3n) is 2.65. The smallest absolute Gasteiger partial charge is 0.118 e. The summed E-state index contributed by atoms with van der Waals surface area (Å²) >= 11 is 5.13. The van der Waals surface area contributed by atoms with Crippen LogP contribution in [0.4, 0.5) is 0 Å². The molecule has 0 saturated carbocycles. The quantitative estimate of drug-likeness (QED) is 0.843. The van der Waals surface area contributed by atoms with Crippen LogP contribution in [0.1, 0.15) is 24.4 Å². The Morgan fingerprint density at radius 2 is 2.28 bits per heavy atom. The van der Waals surface area contributed by atoms with Crippen LogP contribution in [-0.2, 0) is 0 Å². The number of rotatable bonds is 5. The average Bonchev–Trinajstić information content (AvgIpc) is 2.90. The molecule has 96 valence electrons. The Morgan fingerprint density at radius 3 is 2.89 bits per heavy atom. The predicted octanol–water partition coefficient (Wildman–Crippen LogP) is 4.01. The number of hydrogen-bond donors (Lipinski definition) is 1. The van der Waals surface area contributed by atoms with E-state index in [0.717, 1.165) is 21.7 Å². The van der Waals surface area contributed by atoms with Crippen molar-refractivity contribution in [1.29, 1.82) is 0 Å². The summed E-state index contributed by atoms with van der Waals surface area (Å²) in [5.74, 6) is 0.895. The van der Waals surface area contributed by atoms with E-state index in [1.54, 1.807) is 24.2 Å². The summed E-state index contributed by atoms with van der Waals surface area (Å²) in [6, 6.07) is 7.76. The maximum Gasteiger partial charge on any atom is 0.118 e. The molecule has 18 heavy (non-hydrogen) atoms. The highest BCUT2D eigenvalue weighted by Crippen LogP contribution is 2.39. The Kier molecular flexibility index (Phi) is 4.86. The number of nitrogens with two attached hydrogens (primary N) is 1. The Bertz CT molecular complexity index is 489. The standard InChI is InChI=1S/C13H15BrN2OS/c1-2-10(15)12(11-6-4-8-17-11)18-13-9(14)5-3-7-16-13/h3-8,10,12H,2,15H2,1H3. The second-order valence-electron chi connectivity index (χ2n) is 3.92. The predicted molar refractivity (Wildman–Crippen MR) is 77.5 cm³/mol. The highest BCUT2D eigenvalue weighted by molar-refractivity contribution is 9.10. The first-order valence-corrected chi connectivity index (χ1v) is 7.45. The van der Waals surface area contributed by atoms with Gasteiger partial charge in [-0.1, -0.05) is 18.7 Å². The molecule has 0 bridgehead atoms. The van der Waals surface area contributed by atoms with Gasteiger partial charge in [-0.3, -0.25) is 0 Å². The molecule has 3 nitrogen and oxygen atoms in total. The van der Waals surface area contributed by atoms with Crippen LogP contribution >= 0.6 is 27.7 Å². The van der Waals surface area contributed by atoms with Crippen LogP contribution in [0.25, 0.3) is 0 Å². The first-order chi connectivity index (χ1) is 8.72. The molecule has 0 aliphatic carbocycles. The number of aromatic nitrogens is 1. The Balaban J connectivity index is 2.24. The minimum atomic E-state index is 0.0371. The molecule has 2 unspecified atom stereocenters. The van der Waals surface area contributed by atoms with Crippen molar-refractivity contribution in [3.05, 3.63) is 47.0 Å². The van der Waals surface area contributed by atoms with Crippen LogP contribution < -0.4 is 5.73 Å². The molecule has 0 fully saturated rings. The Hall–Kier alpha value is -0.780. The minimum Gasteiger partial charge on any atom is -0.468 e. The highest BCUT2D eigenvalue weighted by Gasteiger charge is 2.23. The molecule has 0 spiro atoms. The van der Waals surface area contributed by atoms with Gasteiger partial charge in [0.2, 0.25) is 0 Å². The van der Waals surface area contributed by atoms with Gasteiger partial charge in [0.05, 0.1) is 11.5 Å². The van der Waals surface area contributed by atoms with Crippen molar-refractivity contribution in [2.45, 2.75) is 29.7 Å². The molecule has 5 heteroatoms. The summed E-state index contributed by atoms with van der Waals surface area (Å²) in [5, 5.41) is 1.01. The highest BCUT2D eigenvalue weighted by atomic mass is 79.9. The van der Waals surface area contributed by atoms with E-state index in [1.807, 2.05) is 24.3 Å². The van der Waals surface area contributed by atoms with Crippen molar-refractivity contribution in [2.24, 2.45) is 5.73 Å². The molecule has 0 radical (unpaired) electrons. The number of pyridine rings is 1. The van der Waals surface area contributed by atoms with Gasteiger partial charge in [-0.25, -0.2) is 4.98 Å². The van der Waals surface area contributed by atoms with E-state index in [9.17, 15) is 0 Å². The van der Waals surface area contributed by atoms with Gasteiger partial charge < -0.3 is 10.2 Å². The lowest BCUT2D eigenvalue weighted by Crippen LogP contribution is -2.25.